The van der Waals surface area contributed by atoms with Crippen molar-refractivity contribution in [1.82, 2.24) is 0 Å². The van der Waals surface area contributed by atoms with E-state index in [0.717, 1.165) is 19.1 Å². The Morgan fingerprint density at radius 1 is 1.15 bits per heavy atom. The molecular formula is C12H20O. The van der Waals surface area contributed by atoms with Crippen molar-refractivity contribution < 1.29 is 4.74 Å². The summed E-state index contributed by atoms with van der Waals surface area (Å²) < 4.78 is 5.47. The molecule has 1 saturated carbocycles. The predicted octanol–water partition coefficient (Wildman–Crippen LogP) is 3.16. The molecule has 2 atom stereocenters. The van der Waals surface area contributed by atoms with Gasteiger partial charge >= 0.3 is 0 Å². The Morgan fingerprint density at radius 2 is 1.92 bits per heavy atom. The molecule has 1 nitrogen and oxygen atoms in total. The largest absolute Gasteiger partial charge is 0.381 e. The number of rotatable bonds is 1. The van der Waals surface area contributed by atoms with Gasteiger partial charge in [-0.1, -0.05) is 25.0 Å². The number of hydrogen-bond acceptors (Lipinski definition) is 1. The smallest absolute Gasteiger partial charge is 0.0532 e. The monoisotopic (exact) mass is 180 g/mol. The van der Waals surface area contributed by atoms with E-state index >= 15 is 0 Å². The first-order valence-electron chi connectivity index (χ1n) is 5.63. The quantitative estimate of drug-likeness (QED) is 0.563. The summed E-state index contributed by atoms with van der Waals surface area (Å²) in [5, 5.41) is 0. The van der Waals surface area contributed by atoms with Gasteiger partial charge in [0, 0.05) is 12.5 Å². The standard InChI is InChI=1S/C12H20O/c1-10-8-13-9-12(10)7-11-5-3-2-4-6-11/h7,10,12H,2-6,8-9H2,1H3/t10-,12+/m0/s1. The van der Waals surface area contributed by atoms with Gasteiger partial charge in [-0.15, -0.1) is 0 Å². The fourth-order valence-corrected chi connectivity index (χ4v) is 2.37. The van der Waals surface area contributed by atoms with Gasteiger partial charge < -0.3 is 4.74 Å². The highest BCUT2D eigenvalue weighted by atomic mass is 16.5. The van der Waals surface area contributed by atoms with Crippen LogP contribution in [0.1, 0.15) is 39.0 Å². The van der Waals surface area contributed by atoms with E-state index in [1.807, 2.05) is 0 Å². The number of ether oxygens (including phenoxy) is 1. The van der Waals surface area contributed by atoms with Crippen LogP contribution >= 0.6 is 0 Å². The van der Waals surface area contributed by atoms with Crippen molar-refractivity contribution in [2.75, 3.05) is 13.2 Å². The SMILES string of the molecule is C[C@H]1COC[C@H]1C=C1CCCCC1. The molecule has 1 aliphatic heterocycles. The molecule has 0 aromatic carbocycles. The summed E-state index contributed by atoms with van der Waals surface area (Å²) in [6.45, 7) is 4.23. The lowest BCUT2D eigenvalue weighted by Crippen LogP contribution is -2.07. The lowest BCUT2D eigenvalue weighted by atomic mass is 9.89. The number of hydrogen-bond donors (Lipinski definition) is 0. The molecule has 2 fully saturated rings. The summed E-state index contributed by atoms with van der Waals surface area (Å²) in [6.07, 6.45) is 9.47. The molecule has 0 N–H and O–H groups in total. The van der Waals surface area contributed by atoms with Gasteiger partial charge in [-0.05, 0) is 31.6 Å². The van der Waals surface area contributed by atoms with E-state index in [2.05, 4.69) is 13.0 Å². The average Bonchev–Trinajstić information content (AvgIpc) is 2.54. The van der Waals surface area contributed by atoms with Crippen molar-refractivity contribution in [3.63, 3.8) is 0 Å². The maximum atomic E-state index is 5.47. The minimum Gasteiger partial charge on any atom is -0.381 e. The molecule has 1 heteroatoms. The van der Waals surface area contributed by atoms with Crippen LogP contribution < -0.4 is 0 Å². The second-order valence-corrected chi connectivity index (χ2v) is 4.56. The summed E-state index contributed by atoms with van der Waals surface area (Å²) in [5.74, 6) is 1.46. The van der Waals surface area contributed by atoms with Gasteiger partial charge in [0.2, 0.25) is 0 Å². The maximum absolute atomic E-state index is 5.47. The molecular weight excluding hydrogens is 160 g/mol. The van der Waals surface area contributed by atoms with Crippen LogP contribution in [-0.4, -0.2) is 13.2 Å². The molecule has 13 heavy (non-hydrogen) atoms. The lowest BCUT2D eigenvalue weighted by molar-refractivity contribution is 0.185. The molecule has 1 saturated heterocycles. The van der Waals surface area contributed by atoms with E-state index < -0.39 is 0 Å². The second kappa shape index (κ2) is 4.28. The zero-order valence-corrected chi connectivity index (χ0v) is 8.59. The summed E-state index contributed by atoms with van der Waals surface area (Å²) in [6, 6.07) is 0. The van der Waals surface area contributed by atoms with Crippen LogP contribution in [-0.2, 0) is 4.74 Å². The molecule has 0 bridgehead atoms. The highest BCUT2D eigenvalue weighted by Gasteiger charge is 2.22. The fourth-order valence-electron chi connectivity index (χ4n) is 2.37. The van der Waals surface area contributed by atoms with Crippen LogP contribution in [0.3, 0.4) is 0 Å². The van der Waals surface area contributed by atoms with Crippen molar-refractivity contribution in [1.29, 1.82) is 0 Å². The van der Waals surface area contributed by atoms with Gasteiger partial charge in [0.25, 0.3) is 0 Å². The first kappa shape index (κ1) is 9.26. The van der Waals surface area contributed by atoms with Crippen LogP contribution in [0.25, 0.3) is 0 Å². The van der Waals surface area contributed by atoms with Crippen molar-refractivity contribution in [2.45, 2.75) is 39.0 Å². The topological polar surface area (TPSA) is 9.23 Å². The Hall–Kier alpha value is -0.300. The fraction of sp³-hybridized carbons (Fsp3) is 0.833. The van der Waals surface area contributed by atoms with Crippen LogP contribution in [0, 0.1) is 11.8 Å². The van der Waals surface area contributed by atoms with Crippen molar-refractivity contribution in [3.05, 3.63) is 11.6 Å². The Bertz CT molecular complexity index is 187. The van der Waals surface area contributed by atoms with Gasteiger partial charge in [0.15, 0.2) is 0 Å². The van der Waals surface area contributed by atoms with Gasteiger partial charge in [0.05, 0.1) is 6.61 Å². The molecule has 0 aromatic rings. The maximum Gasteiger partial charge on any atom is 0.0532 e. The molecule has 0 unspecified atom stereocenters. The summed E-state index contributed by atoms with van der Waals surface area (Å²) in [4.78, 5) is 0. The van der Waals surface area contributed by atoms with Crippen LogP contribution in [0.5, 0.6) is 0 Å². The molecule has 1 heterocycles. The summed E-state index contributed by atoms with van der Waals surface area (Å²) in [5.41, 5.74) is 1.70. The van der Waals surface area contributed by atoms with Crippen LogP contribution in [0.15, 0.2) is 11.6 Å². The van der Waals surface area contributed by atoms with Gasteiger partial charge in [-0.25, -0.2) is 0 Å². The zero-order chi connectivity index (χ0) is 9.10. The highest BCUT2D eigenvalue weighted by molar-refractivity contribution is 5.08. The van der Waals surface area contributed by atoms with Crippen LogP contribution in [0.2, 0.25) is 0 Å². The molecule has 2 rings (SSSR count). The number of allylic oxidation sites excluding steroid dienone is 1. The Labute approximate surface area is 81.2 Å². The minimum absolute atomic E-state index is 0.716. The molecule has 0 spiro atoms. The van der Waals surface area contributed by atoms with Crippen molar-refractivity contribution in [3.8, 4) is 0 Å². The molecule has 0 amide bonds. The summed E-state index contributed by atoms with van der Waals surface area (Å²) >= 11 is 0. The molecule has 74 valence electrons. The Balaban J connectivity index is 1.93. The van der Waals surface area contributed by atoms with Crippen molar-refractivity contribution >= 4 is 0 Å². The third-order valence-corrected chi connectivity index (χ3v) is 3.37. The van der Waals surface area contributed by atoms with E-state index in [4.69, 9.17) is 4.74 Å². The van der Waals surface area contributed by atoms with E-state index in [1.54, 1.807) is 5.57 Å². The minimum atomic E-state index is 0.716. The highest BCUT2D eigenvalue weighted by Crippen LogP contribution is 2.28. The van der Waals surface area contributed by atoms with Crippen LogP contribution in [0.4, 0.5) is 0 Å². The van der Waals surface area contributed by atoms with Crippen molar-refractivity contribution in [2.24, 2.45) is 11.8 Å². The van der Waals surface area contributed by atoms with E-state index in [1.165, 1.54) is 32.1 Å². The molecule has 1 aliphatic carbocycles. The summed E-state index contributed by atoms with van der Waals surface area (Å²) in [7, 11) is 0. The first-order valence-corrected chi connectivity index (χ1v) is 5.63. The van der Waals surface area contributed by atoms with Gasteiger partial charge in [-0.3, -0.25) is 0 Å². The third-order valence-electron chi connectivity index (χ3n) is 3.37. The zero-order valence-electron chi connectivity index (χ0n) is 8.59. The lowest BCUT2D eigenvalue weighted by Gasteiger charge is -2.16. The first-order chi connectivity index (χ1) is 6.36. The average molecular weight is 180 g/mol. The van der Waals surface area contributed by atoms with E-state index in [-0.39, 0.29) is 0 Å². The molecule has 0 aromatic heterocycles. The van der Waals surface area contributed by atoms with E-state index in [0.29, 0.717) is 5.92 Å². The van der Waals surface area contributed by atoms with E-state index in [9.17, 15) is 0 Å². The third kappa shape index (κ3) is 2.34. The van der Waals surface area contributed by atoms with Gasteiger partial charge in [-0.2, -0.15) is 0 Å². The normalized spacial score (nSPS) is 35.0. The Kier molecular flexibility index (Phi) is 3.05. The van der Waals surface area contributed by atoms with Gasteiger partial charge in [0.1, 0.15) is 0 Å². The molecule has 0 radical (unpaired) electrons. The molecule has 2 aliphatic rings. The second-order valence-electron chi connectivity index (χ2n) is 4.56. The predicted molar refractivity (Wildman–Crippen MR) is 54.6 cm³/mol. The Morgan fingerprint density at radius 3 is 2.54 bits per heavy atom.